The van der Waals surface area contributed by atoms with Crippen molar-refractivity contribution < 1.29 is 4.74 Å². The van der Waals surface area contributed by atoms with Gasteiger partial charge in [-0.3, -0.25) is 0 Å². The molecule has 0 saturated heterocycles. The van der Waals surface area contributed by atoms with E-state index in [0.717, 1.165) is 12.4 Å². The van der Waals surface area contributed by atoms with Crippen LogP contribution in [0.4, 0.5) is 0 Å². The van der Waals surface area contributed by atoms with E-state index in [2.05, 4.69) is 12.1 Å². The van der Waals surface area contributed by atoms with Gasteiger partial charge in [-0.1, -0.05) is 24.3 Å². The van der Waals surface area contributed by atoms with Crippen molar-refractivity contribution in [3.05, 3.63) is 35.9 Å². The summed E-state index contributed by atoms with van der Waals surface area (Å²) in [4.78, 5) is 0. The van der Waals surface area contributed by atoms with Crippen LogP contribution >= 0.6 is 0 Å². The Balaban J connectivity index is 2.55. The smallest absolute Gasteiger partial charge is 0.127 e. The molecule has 0 saturated carbocycles. The Morgan fingerprint density at radius 1 is 1.36 bits per heavy atom. The molecule has 0 N–H and O–H groups in total. The van der Waals surface area contributed by atoms with E-state index in [4.69, 9.17) is 4.74 Å². The lowest BCUT2D eigenvalue weighted by Crippen LogP contribution is -1.85. The highest BCUT2D eigenvalue weighted by Gasteiger charge is 2.14. The van der Waals surface area contributed by atoms with Gasteiger partial charge in [0.25, 0.3) is 0 Å². The third-order valence-corrected chi connectivity index (χ3v) is 1.96. The first-order chi connectivity index (χ1) is 5.42. The highest BCUT2D eigenvalue weighted by molar-refractivity contribution is 5.74. The van der Waals surface area contributed by atoms with Gasteiger partial charge in [0.05, 0.1) is 0 Å². The second kappa shape index (κ2) is 2.42. The second-order valence-corrected chi connectivity index (χ2v) is 2.60. The Kier molecular flexibility index (Phi) is 1.42. The third kappa shape index (κ3) is 0.929. The molecule has 0 aliphatic carbocycles. The van der Waals surface area contributed by atoms with Crippen molar-refractivity contribution in [2.24, 2.45) is 0 Å². The van der Waals surface area contributed by atoms with Crippen molar-refractivity contribution in [1.29, 1.82) is 0 Å². The van der Waals surface area contributed by atoms with Crippen molar-refractivity contribution in [2.75, 3.05) is 6.61 Å². The minimum Gasteiger partial charge on any atom is -0.488 e. The Morgan fingerprint density at radius 3 is 3.00 bits per heavy atom. The highest BCUT2D eigenvalue weighted by atomic mass is 16.5. The van der Waals surface area contributed by atoms with Gasteiger partial charge in [0.15, 0.2) is 0 Å². The second-order valence-electron chi connectivity index (χ2n) is 2.60. The first-order valence-corrected chi connectivity index (χ1v) is 3.79. The van der Waals surface area contributed by atoms with E-state index in [1.165, 1.54) is 11.1 Å². The number of hydrogen-bond donors (Lipinski definition) is 0. The number of allylic oxidation sites excluding steroid dienone is 1. The van der Waals surface area contributed by atoms with Gasteiger partial charge in [-0.05, 0) is 18.6 Å². The molecule has 1 nitrogen and oxygen atoms in total. The van der Waals surface area contributed by atoms with Gasteiger partial charge >= 0.3 is 0 Å². The van der Waals surface area contributed by atoms with E-state index in [1.54, 1.807) is 0 Å². The van der Waals surface area contributed by atoms with E-state index in [0.29, 0.717) is 0 Å². The fraction of sp³-hybridized carbons (Fsp3) is 0.200. The summed E-state index contributed by atoms with van der Waals surface area (Å²) in [6.07, 6.45) is 2.10. The molecule has 1 heteroatoms. The fourth-order valence-corrected chi connectivity index (χ4v) is 1.33. The van der Waals surface area contributed by atoms with Crippen LogP contribution in [0.2, 0.25) is 0 Å². The number of rotatable bonds is 0. The molecule has 1 aliphatic heterocycles. The molecule has 2 rings (SSSR count). The molecule has 0 unspecified atom stereocenters. The van der Waals surface area contributed by atoms with Gasteiger partial charge in [0.2, 0.25) is 0 Å². The number of para-hydroxylation sites is 1. The molecule has 0 amide bonds. The highest BCUT2D eigenvalue weighted by Crippen LogP contribution is 2.31. The predicted molar refractivity (Wildman–Crippen MR) is 45.6 cm³/mol. The normalized spacial score (nSPS) is 18.1. The first kappa shape index (κ1) is 6.47. The van der Waals surface area contributed by atoms with E-state index in [1.807, 2.05) is 25.1 Å². The predicted octanol–water partition coefficient (Wildman–Crippen LogP) is 2.48. The van der Waals surface area contributed by atoms with E-state index < -0.39 is 0 Å². The molecule has 1 aliphatic rings. The summed E-state index contributed by atoms with van der Waals surface area (Å²) in [5.41, 5.74) is 2.54. The maximum atomic E-state index is 5.43. The molecule has 1 aromatic rings. The van der Waals surface area contributed by atoms with Gasteiger partial charge in [0, 0.05) is 5.56 Å². The largest absolute Gasteiger partial charge is 0.488 e. The van der Waals surface area contributed by atoms with Crippen molar-refractivity contribution in [1.82, 2.24) is 0 Å². The molecule has 56 valence electrons. The molecule has 11 heavy (non-hydrogen) atoms. The summed E-state index contributed by atoms with van der Waals surface area (Å²) in [6.45, 7) is 2.77. The maximum absolute atomic E-state index is 5.43. The van der Waals surface area contributed by atoms with Gasteiger partial charge in [-0.15, -0.1) is 0 Å². The third-order valence-electron chi connectivity index (χ3n) is 1.96. The quantitative estimate of drug-likeness (QED) is 0.546. The van der Waals surface area contributed by atoms with Gasteiger partial charge in [-0.2, -0.15) is 0 Å². The first-order valence-electron chi connectivity index (χ1n) is 3.79. The Bertz CT molecular complexity index is 299. The van der Waals surface area contributed by atoms with Gasteiger partial charge < -0.3 is 4.74 Å². The molecule has 0 aromatic heterocycles. The Labute approximate surface area is 66.3 Å². The Hall–Kier alpha value is -1.24. The summed E-state index contributed by atoms with van der Waals surface area (Å²) in [6, 6.07) is 8.14. The van der Waals surface area contributed by atoms with Crippen LogP contribution in [-0.4, -0.2) is 6.61 Å². The van der Waals surface area contributed by atoms with Crippen LogP contribution in [0.15, 0.2) is 30.3 Å². The summed E-state index contributed by atoms with van der Waals surface area (Å²) < 4.78 is 5.43. The molecule has 1 heterocycles. The molecule has 0 atom stereocenters. The minimum atomic E-state index is 0.732. The van der Waals surface area contributed by atoms with E-state index in [-0.39, 0.29) is 0 Å². The van der Waals surface area contributed by atoms with Crippen LogP contribution in [0.1, 0.15) is 12.5 Å². The van der Waals surface area contributed by atoms with Crippen LogP contribution in [0.25, 0.3) is 5.57 Å². The minimum absolute atomic E-state index is 0.732. The van der Waals surface area contributed by atoms with Crippen molar-refractivity contribution >= 4 is 5.57 Å². The van der Waals surface area contributed by atoms with Crippen LogP contribution in [0, 0.1) is 0 Å². The summed E-state index contributed by atoms with van der Waals surface area (Å²) in [7, 11) is 0. The van der Waals surface area contributed by atoms with Crippen LogP contribution in [0.5, 0.6) is 5.75 Å². The van der Waals surface area contributed by atoms with Crippen LogP contribution in [-0.2, 0) is 0 Å². The Morgan fingerprint density at radius 2 is 2.18 bits per heavy atom. The van der Waals surface area contributed by atoms with Crippen LogP contribution < -0.4 is 4.74 Å². The average Bonchev–Trinajstić information content (AvgIpc) is 2.47. The molecule has 0 bridgehead atoms. The number of fused-ring (bicyclic) bond motifs is 1. The SMILES string of the molecule is C/C=C1/COc2ccccc21. The average molecular weight is 146 g/mol. The molecule has 0 fully saturated rings. The van der Waals surface area contributed by atoms with Crippen LogP contribution in [0.3, 0.4) is 0 Å². The standard InChI is InChI=1S/C10H10O/c1-2-8-7-11-10-6-4-3-5-9(8)10/h2-6H,7H2,1H3/b8-2-. The van der Waals surface area contributed by atoms with E-state index in [9.17, 15) is 0 Å². The van der Waals surface area contributed by atoms with Crippen molar-refractivity contribution in [3.8, 4) is 5.75 Å². The maximum Gasteiger partial charge on any atom is 0.127 e. The van der Waals surface area contributed by atoms with Gasteiger partial charge in [-0.25, -0.2) is 0 Å². The lowest BCUT2D eigenvalue weighted by atomic mass is 10.1. The zero-order valence-electron chi connectivity index (χ0n) is 6.50. The zero-order valence-corrected chi connectivity index (χ0v) is 6.50. The van der Waals surface area contributed by atoms with Crippen molar-refractivity contribution in [3.63, 3.8) is 0 Å². The van der Waals surface area contributed by atoms with Gasteiger partial charge in [0.1, 0.15) is 12.4 Å². The molecule has 0 spiro atoms. The lowest BCUT2D eigenvalue weighted by molar-refractivity contribution is 0.388. The van der Waals surface area contributed by atoms with Crippen molar-refractivity contribution in [2.45, 2.75) is 6.92 Å². The fourth-order valence-electron chi connectivity index (χ4n) is 1.33. The number of benzene rings is 1. The summed E-state index contributed by atoms with van der Waals surface area (Å²) in [5.74, 6) is 1.01. The molecular weight excluding hydrogens is 136 g/mol. The monoisotopic (exact) mass is 146 g/mol. The zero-order chi connectivity index (χ0) is 7.68. The number of ether oxygens (including phenoxy) is 1. The lowest BCUT2D eigenvalue weighted by Gasteiger charge is -1.93. The molecule has 1 aromatic carbocycles. The summed E-state index contributed by atoms with van der Waals surface area (Å²) in [5, 5.41) is 0. The molecule has 0 radical (unpaired) electrons. The van der Waals surface area contributed by atoms with E-state index >= 15 is 0 Å². The number of hydrogen-bond acceptors (Lipinski definition) is 1. The molecular formula is C10H10O. The topological polar surface area (TPSA) is 9.23 Å². The summed E-state index contributed by atoms with van der Waals surface area (Å²) >= 11 is 0.